The van der Waals surface area contributed by atoms with Gasteiger partial charge in [-0.1, -0.05) is 22.2 Å². The van der Waals surface area contributed by atoms with Crippen LogP contribution in [0.1, 0.15) is 5.56 Å². The first kappa shape index (κ1) is 14.5. The number of nitrogens with zero attached hydrogens (tertiary/aromatic N) is 2. The van der Waals surface area contributed by atoms with Crippen molar-refractivity contribution in [2.45, 2.75) is 11.8 Å². The Hall–Kier alpha value is -1.60. The summed E-state index contributed by atoms with van der Waals surface area (Å²) in [4.78, 5) is 17.5. The number of hydrogen-bond donors (Lipinski definition) is 0. The highest BCUT2D eigenvalue weighted by Gasteiger charge is 2.31. The van der Waals surface area contributed by atoms with Crippen LogP contribution in [0.5, 0.6) is 0 Å². The molecule has 0 atom stereocenters. The van der Waals surface area contributed by atoms with E-state index in [2.05, 4.69) is 4.84 Å². The Morgan fingerprint density at radius 2 is 1.67 bits per heavy atom. The minimum Gasteiger partial charge on any atom is -0.328 e. The van der Waals surface area contributed by atoms with Crippen molar-refractivity contribution in [3.05, 3.63) is 29.8 Å². The van der Waals surface area contributed by atoms with Gasteiger partial charge in [0, 0.05) is 14.1 Å². The van der Waals surface area contributed by atoms with Crippen LogP contribution in [0.15, 0.2) is 29.2 Å². The van der Waals surface area contributed by atoms with E-state index in [-0.39, 0.29) is 4.90 Å². The maximum Gasteiger partial charge on any atom is 0.358 e. The molecule has 0 bridgehead atoms. The Morgan fingerprint density at radius 3 is 2.06 bits per heavy atom. The van der Waals surface area contributed by atoms with Gasteiger partial charge in [-0.2, -0.15) is 8.42 Å². The molecule has 0 aliphatic heterocycles. The molecule has 0 heterocycles. The van der Waals surface area contributed by atoms with Gasteiger partial charge in [-0.15, -0.1) is 0 Å². The molecule has 18 heavy (non-hydrogen) atoms. The Balaban J connectivity index is 3.19. The van der Waals surface area contributed by atoms with Gasteiger partial charge in [0.1, 0.15) is 0 Å². The number of sulfonamides is 1. The first-order valence-electron chi connectivity index (χ1n) is 5.18. The fraction of sp³-hybridized carbons (Fsp3) is 0.364. The number of hydrogen-bond acceptors (Lipinski definition) is 4. The molecule has 1 aromatic carbocycles. The van der Waals surface area contributed by atoms with Gasteiger partial charge in [-0.05, 0) is 19.1 Å². The average molecular weight is 272 g/mol. The van der Waals surface area contributed by atoms with Crippen molar-refractivity contribution in [3.63, 3.8) is 0 Å². The molecule has 0 radical (unpaired) electrons. The van der Waals surface area contributed by atoms with Crippen molar-refractivity contribution < 1.29 is 18.0 Å². The molecular formula is C11H16N2O4S. The molecule has 0 saturated carbocycles. The fourth-order valence-electron chi connectivity index (χ4n) is 1.25. The number of carbonyl (C=O) groups is 1. The van der Waals surface area contributed by atoms with Gasteiger partial charge >= 0.3 is 6.03 Å². The number of benzene rings is 1. The molecular weight excluding hydrogens is 256 g/mol. The van der Waals surface area contributed by atoms with E-state index in [9.17, 15) is 13.2 Å². The van der Waals surface area contributed by atoms with Crippen LogP contribution in [0.2, 0.25) is 0 Å². The SMILES string of the molecule is CON(C(=O)N(C)C)S(=O)(=O)c1ccc(C)cc1. The number of rotatable bonds is 3. The third-order valence-electron chi connectivity index (χ3n) is 2.24. The van der Waals surface area contributed by atoms with Gasteiger partial charge < -0.3 is 4.90 Å². The third kappa shape index (κ3) is 2.80. The summed E-state index contributed by atoms with van der Waals surface area (Å²) < 4.78 is 24.7. The molecule has 1 aromatic rings. The van der Waals surface area contributed by atoms with E-state index in [0.717, 1.165) is 17.6 Å². The second kappa shape index (κ2) is 5.36. The summed E-state index contributed by atoms with van der Waals surface area (Å²) in [6.45, 7) is 1.84. The molecule has 0 spiro atoms. The van der Waals surface area contributed by atoms with Crippen LogP contribution >= 0.6 is 0 Å². The smallest absolute Gasteiger partial charge is 0.328 e. The number of aryl methyl sites for hydroxylation is 1. The molecule has 0 N–H and O–H groups in total. The molecule has 0 aliphatic carbocycles. The Morgan fingerprint density at radius 1 is 1.17 bits per heavy atom. The lowest BCUT2D eigenvalue weighted by Gasteiger charge is -2.22. The largest absolute Gasteiger partial charge is 0.358 e. The first-order valence-corrected chi connectivity index (χ1v) is 6.62. The minimum absolute atomic E-state index is 0.00477. The van der Waals surface area contributed by atoms with Crippen LogP contribution < -0.4 is 0 Å². The second-order valence-corrected chi connectivity index (χ2v) is 5.66. The second-order valence-electron chi connectivity index (χ2n) is 3.90. The molecule has 1 rings (SSSR count). The molecule has 0 saturated heterocycles. The lowest BCUT2D eigenvalue weighted by atomic mass is 10.2. The summed E-state index contributed by atoms with van der Waals surface area (Å²) in [6, 6.07) is 5.40. The van der Waals surface area contributed by atoms with Crippen LogP contribution in [-0.2, 0) is 14.9 Å². The summed E-state index contributed by atoms with van der Waals surface area (Å²) >= 11 is 0. The number of hydroxylamine groups is 1. The summed E-state index contributed by atoms with van der Waals surface area (Å²) in [5.74, 6) is 0. The van der Waals surface area contributed by atoms with E-state index in [1.165, 1.54) is 26.2 Å². The Bertz CT molecular complexity index is 522. The monoisotopic (exact) mass is 272 g/mol. The first-order chi connectivity index (χ1) is 8.30. The molecule has 0 aliphatic rings. The summed E-state index contributed by atoms with van der Waals surface area (Å²) in [6.07, 6.45) is 0. The molecule has 6 nitrogen and oxygen atoms in total. The van der Waals surface area contributed by atoms with Crippen LogP contribution in [0.3, 0.4) is 0 Å². The van der Waals surface area contributed by atoms with Crippen molar-refractivity contribution in [2.75, 3.05) is 21.2 Å². The predicted molar refractivity (Wildman–Crippen MR) is 66.3 cm³/mol. The van der Waals surface area contributed by atoms with E-state index in [1.807, 2.05) is 6.92 Å². The molecule has 7 heteroatoms. The number of carbonyl (C=O) groups excluding carboxylic acids is 1. The topological polar surface area (TPSA) is 66.9 Å². The molecule has 0 fully saturated rings. The lowest BCUT2D eigenvalue weighted by Crippen LogP contribution is -2.42. The summed E-state index contributed by atoms with van der Waals surface area (Å²) in [5, 5.41) is 0. The standard InChI is InChI=1S/C11H16N2O4S/c1-9-5-7-10(8-6-9)18(15,16)13(17-4)11(14)12(2)3/h5-8H,1-4H3. The quantitative estimate of drug-likeness (QED) is 0.776. The maximum absolute atomic E-state index is 12.2. The summed E-state index contributed by atoms with van der Waals surface area (Å²) in [7, 11) is 0.0268. The van der Waals surface area contributed by atoms with E-state index in [4.69, 9.17) is 0 Å². The zero-order valence-corrected chi connectivity index (χ0v) is 11.6. The molecule has 0 aromatic heterocycles. The van der Waals surface area contributed by atoms with Gasteiger partial charge in [0.05, 0.1) is 12.0 Å². The van der Waals surface area contributed by atoms with E-state index < -0.39 is 16.1 Å². The van der Waals surface area contributed by atoms with E-state index in [1.54, 1.807) is 12.1 Å². The summed E-state index contributed by atoms with van der Waals surface area (Å²) in [5.41, 5.74) is 0.928. The van der Waals surface area contributed by atoms with E-state index >= 15 is 0 Å². The van der Waals surface area contributed by atoms with Crippen LogP contribution in [0.4, 0.5) is 4.79 Å². The average Bonchev–Trinajstić information content (AvgIpc) is 2.29. The molecule has 100 valence electrons. The third-order valence-corrected chi connectivity index (χ3v) is 3.85. The van der Waals surface area contributed by atoms with Gasteiger partial charge in [0.25, 0.3) is 10.0 Å². The van der Waals surface area contributed by atoms with Crippen molar-refractivity contribution in [3.8, 4) is 0 Å². The lowest BCUT2D eigenvalue weighted by molar-refractivity contribution is -0.0198. The van der Waals surface area contributed by atoms with Crippen molar-refractivity contribution in [1.82, 2.24) is 9.37 Å². The van der Waals surface area contributed by atoms with Gasteiger partial charge in [-0.3, -0.25) is 4.84 Å². The minimum atomic E-state index is -3.99. The predicted octanol–water partition coefficient (Wildman–Crippen LogP) is 1.23. The normalized spacial score (nSPS) is 11.1. The number of amides is 2. The highest BCUT2D eigenvalue weighted by atomic mass is 32.2. The maximum atomic E-state index is 12.2. The Kier molecular flexibility index (Phi) is 4.31. The zero-order valence-electron chi connectivity index (χ0n) is 10.7. The van der Waals surface area contributed by atoms with Crippen molar-refractivity contribution in [1.29, 1.82) is 0 Å². The highest BCUT2D eigenvalue weighted by molar-refractivity contribution is 7.89. The molecule has 2 amide bonds. The zero-order chi connectivity index (χ0) is 13.9. The molecule has 0 unspecified atom stereocenters. The van der Waals surface area contributed by atoms with Gasteiger partial charge in [0.2, 0.25) is 0 Å². The van der Waals surface area contributed by atoms with Gasteiger partial charge in [-0.25, -0.2) is 4.79 Å². The van der Waals surface area contributed by atoms with E-state index in [0.29, 0.717) is 4.47 Å². The number of urea groups is 1. The van der Waals surface area contributed by atoms with Crippen LogP contribution in [0.25, 0.3) is 0 Å². The highest BCUT2D eigenvalue weighted by Crippen LogP contribution is 2.17. The van der Waals surface area contributed by atoms with Crippen molar-refractivity contribution in [2.24, 2.45) is 0 Å². The fourth-order valence-corrected chi connectivity index (χ4v) is 2.48. The van der Waals surface area contributed by atoms with Crippen molar-refractivity contribution >= 4 is 16.1 Å². The van der Waals surface area contributed by atoms with Crippen LogP contribution in [0, 0.1) is 6.92 Å². The van der Waals surface area contributed by atoms with Gasteiger partial charge in [0.15, 0.2) is 0 Å². The van der Waals surface area contributed by atoms with Crippen LogP contribution in [-0.4, -0.2) is 45.0 Å². The Labute approximate surface area is 107 Å².